The van der Waals surface area contributed by atoms with E-state index in [2.05, 4.69) is 58.3 Å². The SMILES string of the molecule is Cc1cccc(C(CBr)CCc2ccnn2C)c1. The molecule has 0 aliphatic carbocycles. The molecule has 18 heavy (non-hydrogen) atoms. The Bertz CT molecular complexity index is 505. The van der Waals surface area contributed by atoms with Crippen molar-refractivity contribution in [3.05, 3.63) is 53.3 Å². The van der Waals surface area contributed by atoms with Crippen molar-refractivity contribution in [2.24, 2.45) is 7.05 Å². The average Bonchev–Trinajstić information content (AvgIpc) is 2.76. The van der Waals surface area contributed by atoms with E-state index in [-0.39, 0.29) is 0 Å². The molecule has 96 valence electrons. The van der Waals surface area contributed by atoms with Gasteiger partial charge in [-0.05, 0) is 37.3 Å². The lowest BCUT2D eigenvalue weighted by atomic mass is 9.94. The number of halogens is 1. The van der Waals surface area contributed by atoms with Gasteiger partial charge in [0, 0.05) is 24.3 Å². The Balaban J connectivity index is 2.04. The maximum Gasteiger partial charge on any atom is 0.0492 e. The lowest BCUT2D eigenvalue weighted by molar-refractivity contribution is 0.637. The summed E-state index contributed by atoms with van der Waals surface area (Å²) in [5, 5.41) is 5.22. The number of hydrogen-bond donors (Lipinski definition) is 0. The lowest BCUT2D eigenvalue weighted by Gasteiger charge is -2.15. The summed E-state index contributed by atoms with van der Waals surface area (Å²) in [5.74, 6) is 0.569. The Kier molecular flexibility index (Phi) is 4.59. The van der Waals surface area contributed by atoms with Crippen molar-refractivity contribution < 1.29 is 0 Å². The van der Waals surface area contributed by atoms with Gasteiger partial charge in [0.1, 0.15) is 0 Å². The summed E-state index contributed by atoms with van der Waals surface area (Å²) < 4.78 is 1.96. The van der Waals surface area contributed by atoms with Gasteiger partial charge in [-0.2, -0.15) is 5.10 Å². The average molecular weight is 307 g/mol. The van der Waals surface area contributed by atoms with E-state index in [0.29, 0.717) is 5.92 Å². The van der Waals surface area contributed by atoms with Crippen molar-refractivity contribution in [2.75, 3.05) is 5.33 Å². The molecule has 1 aromatic carbocycles. The molecule has 2 aromatic rings. The van der Waals surface area contributed by atoms with Crippen molar-refractivity contribution in [3.63, 3.8) is 0 Å². The van der Waals surface area contributed by atoms with Crippen LogP contribution in [0.25, 0.3) is 0 Å². The molecule has 0 amide bonds. The maximum absolute atomic E-state index is 4.21. The van der Waals surface area contributed by atoms with E-state index in [1.165, 1.54) is 16.8 Å². The van der Waals surface area contributed by atoms with Crippen molar-refractivity contribution >= 4 is 15.9 Å². The molecule has 0 aliphatic rings. The number of aryl methyl sites for hydroxylation is 3. The van der Waals surface area contributed by atoms with Crippen molar-refractivity contribution in [3.8, 4) is 0 Å². The van der Waals surface area contributed by atoms with Gasteiger partial charge in [0.25, 0.3) is 0 Å². The fourth-order valence-electron chi connectivity index (χ4n) is 2.23. The molecule has 0 bridgehead atoms. The highest BCUT2D eigenvalue weighted by Gasteiger charge is 2.11. The Morgan fingerprint density at radius 2 is 2.17 bits per heavy atom. The molecule has 0 saturated heterocycles. The molecule has 0 saturated carbocycles. The van der Waals surface area contributed by atoms with Crippen LogP contribution in [-0.2, 0) is 13.5 Å². The Hall–Kier alpha value is -1.09. The monoisotopic (exact) mass is 306 g/mol. The summed E-state index contributed by atoms with van der Waals surface area (Å²) >= 11 is 3.64. The van der Waals surface area contributed by atoms with Crippen molar-refractivity contribution in [1.29, 1.82) is 0 Å². The van der Waals surface area contributed by atoms with Crippen LogP contribution in [0, 0.1) is 6.92 Å². The fraction of sp³-hybridized carbons (Fsp3) is 0.400. The minimum absolute atomic E-state index is 0.569. The van der Waals surface area contributed by atoms with Gasteiger partial charge in [-0.25, -0.2) is 0 Å². The summed E-state index contributed by atoms with van der Waals surface area (Å²) in [7, 11) is 2.01. The molecule has 1 heterocycles. The second-order valence-electron chi connectivity index (χ2n) is 4.75. The zero-order valence-corrected chi connectivity index (χ0v) is 12.5. The van der Waals surface area contributed by atoms with Gasteiger partial charge in [0.2, 0.25) is 0 Å². The van der Waals surface area contributed by atoms with Crippen LogP contribution >= 0.6 is 15.9 Å². The molecule has 3 heteroatoms. The number of aromatic nitrogens is 2. The van der Waals surface area contributed by atoms with Gasteiger partial charge in [-0.3, -0.25) is 4.68 Å². The second-order valence-corrected chi connectivity index (χ2v) is 5.40. The van der Waals surface area contributed by atoms with Gasteiger partial charge in [0.15, 0.2) is 0 Å². The van der Waals surface area contributed by atoms with E-state index < -0.39 is 0 Å². The van der Waals surface area contributed by atoms with Gasteiger partial charge in [0.05, 0.1) is 0 Å². The Labute approximate surface area is 117 Å². The van der Waals surface area contributed by atoms with Crippen LogP contribution in [0.3, 0.4) is 0 Å². The Morgan fingerprint density at radius 3 is 2.78 bits per heavy atom. The van der Waals surface area contributed by atoms with E-state index in [9.17, 15) is 0 Å². The largest absolute Gasteiger partial charge is 0.273 e. The summed E-state index contributed by atoms with van der Waals surface area (Å²) in [6, 6.07) is 10.9. The number of hydrogen-bond acceptors (Lipinski definition) is 1. The first-order valence-electron chi connectivity index (χ1n) is 6.30. The van der Waals surface area contributed by atoms with Crippen LogP contribution < -0.4 is 0 Å². The third kappa shape index (κ3) is 3.22. The van der Waals surface area contributed by atoms with Crippen LogP contribution in [0.1, 0.15) is 29.2 Å². The first-order valence-corrected chi connectivity index (χ1v) is 7.42. The maximum atomic E-state index is 4.21. The second kappa shape index (κ2) is 6.19. The van der Waals surface area contributed by atoms with Gasteiger partial charge >= 0.3 is 0 Å². The molecule has 0 aliphatic heterocycles. The predicted molar refractivity (Wildman–Crippen MR) is 79.2 cm³/mol. The Morgan fingerprint density at radius 1 is 1.33 bits per heavy atom. The zero-order chi connectivity index (χ0) is 13.0. The molecule has 2 rings (SSSR count). The highest BCUT2D eigenvalue weighted by Crippen LogP contribution is 2.24. The number of benzene rings is 1. The minimum atomic E-state index is 0.569. The molecule has 0 radical (unpaired) electrons. The highest BCUT2D eigenvalue weighted by atomic mass is 79.9. The predicted octanol–water partition coefficient (Wildman–Crippen LogP) is 3.84. The third-order valence-electron chi connectivity index (χ3n) is 3.37. The quantitative estimate of drug-likeness (QED) is 0.767. The van der Waals surface area contributed by atoms with Crippen LogP contribution in [0.4, 0.5) is 0 Å². The summed E-state index contributed by atoms with van der Waals surface area (Å²) in [6.45, 7) is 2.15. The minimum Gasteiger partial charge on any atom is -0.273 e. The van der Waals surface area contributed by atoms with Gasteiger partial charge < -0.3 is 0 Å². The molecular weight excluding hydrogens is 288 g/mol. The standard InChI is InChI=1S/C15H19BrN2/c1-12-4-3-5-13(10-12)14(11-16)6-7-15-8-9-17-18(15)2/h3-5,8-10,14H,6-7,11H2,1-2H3. The molecule has 1 unspecified atom stereocenters. The van der Waals surface area contributed by atoms with E-state index >= 15 is 0 Å². The summed E-state index contributed by atoms with van der Waals surface area (Å²) in [4.78, 5) is 0. The molecule has 0 spiro atoms. The van der Waals surface area contributed by atoms with Crippen LogP contribution in [0.15, 0.2) is 36.5 Å². The summed E-state index contributed by atoms with van der Waals surface area (Å²) in [5.41, 5.74) is 4.06. The van der Waals surface area contributed by atoms with Crippen molar-refractivity contribution in [1.82, 2.24) is 9.78 Å². The van der Waals surface area contributed by atoms with E-state index in [4.69, 9.17) is 0 Å². The molecule has 0 fully saturated rings. The normalized spacial score (nSPS) is 12.6. The van der Waals surface area contributed by atoms with Gasteiger partial charge in [-0.15, -0.1) is 0 Å². The first-order chi connectivity index (χ1) is 8.70. The van der Waals surface area contributed by atoms with E-state index in [0.717, 1.165) is 18.2 Å². The van der Waals surface area contributed by atoms with Crippen LogP contribution in [0.2, 0.25) is 0 Å². The highest BCUT2D eigenvalue weighted by molar-refractivity contribution is 9.09. The number of alkyl halides is 1. The molecule has 1 aromatic heterocycles. The van der Waals surface area contributed by atoms with E-state index in [1.54, 1.807) is 0 Å². The zero-order valence-electron chi connectivity index (χ0n) is 10.9. The van der Waals surface area contributed by atoms with Gasteiger partial charge in [-0.1, -0.05) is 45.8 Å². The number of rotatable bonds is 5. The molecular formula is C15H19BrN2. The number of nitrogens with zero attached hydrogens (tertiary/aromatic N) is 2. The van der Waals surface area contributed by atoms with Crippen molar-refractivity contribution in [2.45, 2.75) is 25.7 Å². The fourth-order valence-corrected chi connectivity index (χ4v) is 2.92. The smallest absolute Gasteiger partial charge is 0.0492 e. The van der Waals surface area contributed by atoms with E-state index in [1.807, 2.05) is 17.9 Å². The molecule has 0 N–H and O–H groups in total. The van der Waals surface area contributed by atoms with Crippen LogP contribution in [-0.4, -0.2) is 15.1 Å². The topological polar surface area (TPSA) is 17.8 Å². The molecule has 2 nitrogen and oxygen atoms in total. The lowest BCUT2D eigenvalue weighted by Crippen LogP contribution is -2.05. The first kappa shape index (κ1) is 13.3. The third-order valence-corrected chi connectivity index (χ3v) is 4.15. The molecule has 1 atom stereocenters. The summed E-state index contributed by atoms with van der Waals surface area (Å²) in [6.07, 6.45) is 4.08. The van der Waals surface area contributed by atoms with Crippen LogP contribution in [0.5, 0.6) is 0 Å².